The Morgan fingerprint density at radius 1 is 1.56 bits per heavy atom. The van der Waals surface area contributed by atoms with Gasteiger partial charge >= 0.3 is 5.97 Å². The van der Waals surface area contributed by atoms with E-state index in [2.05, 4.69) is 0 Å². The minimum absolute atomic E-state index is 0.0435. The van der Waals surface area contributed by atoms with Crippen molar-refractivity contribution in [2.75, 3.05) is 0 Å². The van der Waals surface area contributed by atoms with Gasteiger partial charge in [0, 0.05) is 11.9 Å². The quantitative estimate of drug-likeness (QED) is 0.878. The predicted molar refractivity (Wildman–Crippen MR) is 59.5 cm³/mol. The summed E-state index contributed by atoms with van der Waals surface area (Å²) in [7, 11) is 0. The molecule has 3 nitrogen and oxygen atoms in total. The second-order valence-corrected chi connectivity index (χ2v) is 3.71. The smallest absolute Gasteiger partial charge is 0.339 e. The van der Waals surface area contributed by atoms with Crippen LogP contribution in [-0.2, 0) is 6.54 Å². The van der Waals surface area contributed by atoms with Crippen LogP contribution >= 0.6 is 11.6 Å². The number of hydrogen-bond acceptors (Lipinski definition) is 1. The van der Waals surface area contributed by atoms with Crippen molar-refractivity contribution in [3.63, 3.8) is 0 Å². The number of benzene rings is 1. The third-order valence-electron chi connectivity index (χ3n) is 2.50. The van der Waals surface area contributed by atoms with Crippen molar-refractivity contribution < 1.29 is 14.3 Å². The number of carbonyl (C=O) groups is 1. The molecule has 0 aliphatic rings. The zero-order valence-corrected chi connectivity index (χ0v) is 9.25. The zero-order valence-electron chi connectivity index (χ0n) is 8.50. The first kappa shape index (κ1) is 11.0. The van der Waals surface area contributed by atoms with E-state index in [4.69, 9.17) is 16.7 Å². The first-order valence-electron chi connectivity index (χ1n) is 4.77. The maximum absolute atomic E-state index is 13.6. The number of carboxylic acids is 1. The average Bonchev–Trinajstić information content (AvgIpc) is 2.51. The summed E-state index contributed by atoms with van der Waals surface area (Å²) >= 11 is 5.93. The molecule has 0 unspecified atom stereocenters. The largest absolute Gasteiger partial charge is 0.478 e. The molecule has 0 atom stereocenters. The van der Waals surface area contributed by atoms with Crippen LogP contribution < -0.4 is 0 Å². The van der Waals surface area contributed by atoms with Gasteiger partial charge < -0.3 is 9.67 Å². The highest BCUT2D eigenvalue weighted by Crippen LogP contribution is 2.31. The van der Waals surface area contributed by atoms with E-state index >= 15 is 0 Å². The lowest BCUT2D eigenvalue weighted by Crippen LogP contribution is -1.98. The molecule has 16 heavy (non-hydrogen) atoms. The zero-order chi connectivity index (χ0) is 11.9. The Morgan fingerprint density at radius 2 is 2.25 bits per heavy atom. The lowest BCUT2D eigenvalue weighted by atomic mass is 10.2. The molecule has 5 heteroatoms. The van der Waals surface area contributed by atoms with E-state index in [1.807, 2.05) is 0 Å². The van der Waals surface area contributed by atoms with Crippen LogP contribution in [0.3, 0.4) is 0 Å². The molecular weight excluding hydrogens is 233 g/mol. The summed E-state index contributed by atoms with van der Waals surface area (Å²) < 4.78 is 15.1. The summed E-state index contributed by atoms with van der Waals surface area (Å²) in [5.74, 6) is -1.61. The Bertz CT molecular complexity index is 577. The van der Waals surface area contributed by atoms with Gasteiger partial charge in [0.1, 0.15) is 16.5 Å². The van der Waals surface area contributed by atoms with Crippen LogP contribution in [0, 0.1) is 5.82 Å². The molecule has 1 N–H and O–H groups in total. The standard InChI is InChI=1S/C11H9ClFNO2/c1-2-14-9-6(4-3-5-7(9)13)8(10(14)12)11(15)16/h3-5H,2H2,1H3,(H,15,16). The second-order valence-electron chi connectivity index (χ2n) is 3.35. The van der Waals surface area contributed by atoms with Crippen LogP contribution in [0.25, 0.3) is 10.9 Å². The van der Waals surface area contributed by atoms with E-state index in [9.17, 15) is 9.18 Å². The first-order valence-corrected chi connectivity index (χ1v) is 5.15. The highest BCUT2D eigenvalue weighted by atomic mass is 35.5. The van der Waals surface area contributed by atoms with Crippen LogP contribution in [0.1, 0.15) is 17.3 Å². The molecule has 1 aromatic heterocycles. The number of aromatic nitrogens is 1. The molecule has 0 saturated heterocycles. The van der Waals surface area contributed by atoms with Gasteiger partial charge in [0.15, 0.2) is 0 Å². The molecular formula is C11H9ClFNO2. The molecule has 0 bridgehead atoms. The summed E-state index contributed by atoms with van der Waals surface area (Å²) in [6, 6.07) is 4.32. The number of halogens is 2. The normalized spacial score (nSPS) is 10.9. The van der Waals surface area contributed by atoms with Crippen LogP contribution in [0.4, 0.5) is 4.39 Å². The summed E-state index contributed by atoms with van der Waals surface area (Å²) in [5, 5.41) is 9.44. The second kappa shape index (κ2) is 3.79. The molecule has 1 aromatic carbocycles. The maximum Gasteiger partial charge on any atom is 0.339 e. The molecule has 0 fully saturated rings. The number of aryl methyl sites for hydroxylation is 1. The number of aromatic carboxylic acids is 1. The van der Waals surface area contributed by atoms with Crippen molar-refractivity contribution in [2.45, 2.75) is 13.5 Å². The summed E-state index contributed by atoms with van der Waals surface area (Å²) in [5.41, 5.74) is 0.199. The van der Waals surface area contributed by atoms with Crippen LogP contribution in [-0.4, -0.2) is 15.6 Å². The molecule has 84 valence electrons. The Kier molecular flexibility index (Phi) is 2.59. The molecule has 0 amide bonds. The van der Waals surface area contributed by atoms with Gasteiger partial charge in [-0.3, -0.25) is 0 Å². The Hall–Kier alpha value is -1.55. The van der Waals surface area contributed by atoms with Crippen LogP contribution in [0.2, 0.25) is 5.15 Å². The average molecular weight is 242 g/mol. The van der Waals surface area contributed by atoms with E-state index in [0.717, 1.165) is 0 Å². The SMILES string of the molecule is CCn1c(Cl)c(C(=O)O)c2cccc(F)c21. The van der Waals surface area contributed by atoms with Crippen molar-refractivity contribution in [1.82, 2.24) is 4.57 Å². The highest BCUT2D eigenvalue weighted by Gasteiger charge is 2.21. The van der Waals surface area contributed by atoms with Gasteiger partial charge in [-0.1, -0.05) is 23.7 Å². The van der Waals surface area contributed by atoms with Crippen molar-refractivity contribution in [3.05, 3.63) is 34.7 Å². The molecule has 0 spiro atoms. The minimum atomic E-state index is -1.15. The summed E-state index contributed by atoms with van der Waals surface area (Å²) in [6.45, 7) is 2.20. The van der Waals surface area contributed by atoms with Gasteiger partial charge in [0.2, 0.25) is 0 Å². The van der Waals surface area contributed by atoms with Crippen LogP contribution in [0.15, 0.2) is 18.2 Å². The third-order valence-corrected chi connectivity index (χ3v) is 2.89. The van der Waals surface area contributed by atoms with Gasteiger partial charge in [-0.05, 0) is 13.0 Å². The van der Waals surface area contributed by atoms with Crippen molar-refractivity contribution in [2.24, 2.45) is 0 Å². The molecule has 2 rings (SSSR count). The van der Waals surface area contributed by atoms with E-state index in [1.54, 1.807) is 13.0 Å². The molecule has 0 aliphatic heterocycles. The van der Waals surface area contributed by atoms with E-state index in [1.165, 1.54) is 16.7 Å². The van der Waals surface area contributed by atoms with Gasteiger partial charge in [-0.25, -0.2) is 9.18 Å². The van der Waals surface area contributed by atoms with Crippen molar-refractivity contribution in [1.29, 1.82) is 0 Å². The molecule has 0 saturated carbocycles. The van der Waals surface area contributed by atoms with Crippen molar-refractivity contribution >= 4 is 28.5 Å². The number of carboxylic acid groups (broad SMARTS) is 1. The first-order chi connectivity index (χ1) is 7.57. The van der Waals surface area contributed by atoms with Gasteiger partial charge in [0.25, 0.3) is 0 Å². The van der Waals surface area contributed by atoms with Crippen LogP contribution in [0.5, 0.6) is 0 Å². The number of rotatable bonds is 2. The monoisotopic (exact) mass is 241 g/mol. The van der Waals surface area contributed by atoms with Crippen molar-refractivity contribution in [3.8, 4) is 0 Å². The summed E-state index contributed by atoms with van der Waals surface area (Å²) in [4.78, 5) is 11.1. The number of para-hydroxylation sites is 1. The fourth-order valence-corrected chi connectivity index (χ4v) is 2.22. The number of hydrogen-bond donors (Lipinski definition) is 1. The number of nitrogens with zero attached hydrogens (tertiary/aromatic N) is 1. The Labute approximate surface area is 96.1 Å². The molecule has 0 aliphatic carbocycles. The Morgan fingerprint density at radius 3 is 2.81 bits per heavy atom. The molecule has 0 radical (unpaired) electrons. The highest BCUT2D eigenvalue weighted by molar-refractivity contribution is 6.35. The van der Waals surface area contributed by atoms with E-state index in [-0.39, 0.29) is 16.2 Å². The van der Waals surface area contributed by atoms with Gasteiger partial charge in [-0.15, -0.1) is 0 Å². The fourth-order valence-electron chi connectivity index (χ4n) is 1.84. The van der Waals surface area contributed by atoms with Gasteiger partial charge in [-0.2, -0.15) is 0 Å². The minimum Gasteiger partial charge on any atom is -0.478 e. The molecule has 1 heterocycles. The Balaban J connectivity index is 2.98. The van der Waals surface area contributed by atoms with E-state index in [0.29, 0.717) is 11.9 Å². The number of fused-ring (bicyclic) bond motifs is 1. The maximum atomic E-state index is 13.6. The predicted octanol–water partition coefficient (Wildman–Crippen LogP) is 3.15. The lowest BCUT2D eigenvalue weighted by Gasteiger charge is -2.02. The third kappa shape index (κ3) is 1.38. The van der Waals surface area contributed by atoms with Gasteiger partial charge in [0.05, 0.1) is 5.52 Å². The molecule has 2 aromatic rings. The topological polar surface area (TPSA) is 42.2 Å². The van der Waals surface area contributed by atoms with E-state index < -0.39 is 11.8 Å². The summed E-state index contributed by atoms with van der Waals surface area (Å²) in [6.07, 6.45) is 0. The fraction of sp³-hybridized carbons (Fsp3) is 0.182. The lowest BCUT2D eigenvalue weighted by molar-refractivity contribution is 0.0699.